The van der Waals surface area contributed by atoms with Crippen molar-refractivity contribution in [2.24, 2.45) is 5.92 Å². The Morgan fingerprint density at radius 1 is 1.17 bits per heavy atom. The largest absolute Gasteiger partial charge is 0.332 e. The zero-order chi connectivity index (χ0) is 20.5. The van der Waals surface area contributed by atoms with Gasteiger partial charge in [0.05, 0.1) is 17.3 Å². The van der Waals surface area contributed by atoms with Gasteiger partial charge in [-0.25, -0.2) is 4.98 Å². The molecule has 2 aliphatic heterocycles. The van der Waals surface area contributed by atoms with E-state index in [0.29, 0.717) is 12.4 Å². The fourth-order valence-electron chi connectivity index (χ4n) is 4.91. The number of amides is 1. The number of nitrogens with zero attached hydrogens (tertiary/aromatic N) is 4. The second-order valence-electron chi connectivity index (χ2n) is 8.87. The minimum Gasteiger partial charge on any atom is -0.332 e. The molecule has 0 aromatic carbocycles. The minimum absolute atomic E-state index is 0.0486. The van der Waals surface area contributed by atoms with Crippen LogP contribution in [0, 0.1) is 5.92 Å². The molecule has 0 radical (unpaired) electrons. The van der Waals surface area contributed by atoms with Crippen molar-refractivity contribution in [1.82, 2.24) is 24.8 Å². The normalized spacial score (nSPS) is 22.4. The summed E-state index contributed by atoms with van der Waals surface area (Å²) in [5, 5.41) is 0. The second kappa shape index (κ2) is 8.30. The zero-order valence-corrected chi connectivity index (χ0v) is 17.3. The standard InChI is InChI=1S/C23H29N5O2/c29-22-18-15-27(14-16-5-4-10-24-13-16)12-9-19(18)25-21(26-22)20-8-1-2-11-28(20)23(30)17-6-3-7-17/h4-5,10,13,17,20H,1-3,6-9,11-12,14-15H2,(H,25,26,29). The SMILES string of the molecule is O=C(C1CCC1)N1CCCCC1c1nc2c(c(=O)[nH]1)CN(Cc1cccnc1)CC2. The first-order chi connectivity index (χ1) is 14.7. The van der Waals surface area contributed by atoms with Crippen molar-refractivity contribution in [2.75, 3.05) is 13.1 Å². The van der Waals surface area contributed by atoms with Gasteiger partial charge < -0.3 is 9.88 Å². The zero-order valence-electron chi connectivity index (χ0n) is 17.3. The lowest BCUT2D eigenvalue weighted by atomic mass is 9.83. The molecule has 7 nitrogen and oxygen atoms in total. The molecule has 1 atom stereocenters. The van der Waals surface area contributed by atoms with Crippen LogP contribution in [0.4, 0.5) is 0 Å². The van der Waals surface area contributed by atoms with E-state index in [9.17, 15) is 9.59 Å². The van der Waals surface area contributed by atoms with E-state index >= 15 is 0 Å². The fourth-order valence-corrected chi connectivity index (χ4v) is 4.91. The third-order valence-corrected chi connectivity index (χ3v) is 6.85. The highest BCUT2D eigenvalue weighted by molar-refractivity contribution is 5.80. The van der Waals surface area contributed by atoms with E-state index in [0.717, 1.165) is 81.4 Å². The summed E-state index contributed by atoms with van der Waals surface area (Å²) in [7, 11) is 0. The van der Waals surface area contributed by atoms with Crippen LogP contribution in [0.1, 0.15) is 67.2 Å². The third-order valence-electron chi connectivity index (χ3n) is 6.85. The van der Waals surface area contributed by atoms with E-state index in [4.69, 9.17) is 4.98 Å². The van der Waals surface area contributed by atoms with Gasteiger partial charge in [0, 0.05) is 50.9 Å². The molecule has 1 unspecified atom stereocenters. The van der Waals surface area contributed by atoms with Crippen molar-refractivity contribution in [1.29, 1.82) is 0 Å². The molecule has 1 N–H and O–H groups in total. The van der Waals surface area contributed by atoms with Gasteiger partial charge in [0.2, 0.25) is 5.91 Å². The Kier molecular flexibility index (Phi) is 5.37. The van der Waals surface area contributed by atoms with Gasteiger partial charge >= 0.3 is 0 Å². The summed E-state index contributed by atoms with van der Waals surface area (Å²) in [4.78, 5) is 42.3. The van der Waals surface area contributed by atoms with Gasteiger partial charge in [-0.3, -0.25) is 19.5 Å². The molecular weight excluding hydrogens is 378 g/mol. The van der Waals surface area contributed by atoms with E-state index in [1.54, 1.807) is 6.20 Å². The molecule has 2 aromatic rings. The van der Waals surface area contributed by atoms with Gasteiger partial charge in [-0.15, -0.1) is 0 Å². The van der Waals surface area contributed by atoms with Gasteiger partial charge in [0.15, 0.2) is 0 Å². The Labute approximate surface area is 176 Å². The fraction of sp³-hybridized carbons (Fsp3) is 0.565. The lowest BCUT2D eigenvalue weighted by molar-refractivity contribution is -0.142. The number of hydrogen-bond donors (Lipinski definition) is 1. The number of aromatic nitrogens is 3. The third kappa shape index (κ3) is 3.78. The number of likely N-dealkylation sites (tertiary alicyclic amines) is 1. The van der Waals surface area contributed by atoms with Gasteiger partial charge in [-0.05, 0) is 43.7 Å². The summed E-state index contributed by atoms with van der Waals surface area (Å²) in [6, 6.07) is 3.91. The number of hydrogen-bond acceptors (Lipinski definition) is 5. The van der Waals surface area contributed by atoms with Crippen molar-refractivity contribution in [3.05, 3.63) is 57.5 Å². The Morgan fingerprint density at radius 3 is 2.83 bits per heavy atom. The van der Waals surface area contributed by atoms with Crippen molar-refractivity contribution in [2.45, 2.75) is 64.1 Å². The topological polar surface area (TPSA) is 82.2 Å². The van der Waals surface area contributed by atoms with Crippen LogP contribution in [-0.2, 0) is 24.3 Å². The summed E-state index contributed by atoms with van der Waals surface area (Å²) in [5.74, 6) is 1.12. The van der Waals surface area contributed by atoms with E-state index in [1.807, 2.05) is 17.2 Å². The van der Waals surface area contributed by atoms with E-state index in [1.165, 1.54) is 0 Å². The van der Waals surface area contributed by atoms with Gasteiger partial charge in [0.1, 0.15) is 5.82 Å². The number of carbonyl (C=O) groups excluding carboxylic acids is 1. The highest BCUT2D eigenvalue weighted by Crippen LogP contribution is 2.35. The van der Waals surface area contributed by atoms with Crippen molar-refractivity contribution < 1.29 is 4.79 Å². The quantitative estimate of drug-likeness (QED) is 0.842. The van der Waals surface area contributed by atoms with Crippen LogP contribution >= 0.6 is 0 Å². The molecule has 158 valence electrons. The van der Waals surface area contributed by atoms with Crippen LogP contribution in [0.15, 0.2) is 29.3 Å². The average Bonchev–Trinajstić information content (AvgIpc) is 2.73. The maximum absolute atomic E-state index is 13.0. The molecule has 4 heterocycles. The van der Waals surface area contributed by atoms with Crippen LogP contribution in [0.3, 0.4) is 0 Å². The van der Waals surface area contributed by atoms with Crippen molar-refractivity contribution in [3.8, 4) is 0 Å². The number of pyridine rings is 1. The number of rotatable bonds is 4. The second-order valence-corrected chi connectivity index (χ2v) is 8.87. The van der Waals surface area contributed by atoms with E-state index in [-0.39, 0.29) is 23.4 Å². The lowest BCUT2D eigenvalue weighted by Gasteiger charge is -2.39. The first-order valence-electron chi connectivity index (χ1n) is 11.2. The maximum atomic E-state index is 13.0. The van der Waals surface area contributed by atoms with Crippen LogP contribution in [-0.4, -0.2) is 43.7 Å². The van der Waals surface area contributed by atoms with Crippen molar-refractivity contribution >= 4 is 5.91 Å². The molecule has 1 amide bonds. The number of aromatic amines is 1. The Bertz CT molecular complexity index is 969. The average molecular weight is 408 g/mol. The highest BCUT2D eigenvalue weighted by Gasteiger charge is 2.36. The van der Waals surface area contributed by atoms with Crippen molar-refractivity contribution in [3.63, 3.8) is 0 Å². The smallest absolute Gasteiger partial charge is 0.255 e. The summed E-state index contributed by atoms with van der Waals surface area (Å²) < 4.78 is 0. The predicted molar refractivity (Wildman–Crippen MR) is 113 cm³/mol. The molecule has 1 aliphatic carbocycles. The maximum Gasteiger partial charge on any atom is 0.255 e. The Balaban J connectivity index is 1.36. The number of carbonyl (C=O) groups is 1. The van der Waals surface area contributed by atoms with E-state index < -0.39 is 0 Å². The summed E-state index contributed by atoms with van der Waals surface area (Å²) in [6.07, 6.45) is 10.5. The molecule has 1 saturated heterocycles. The number of piperidine rings is 1. The van der Waals surface area contributed by atoms with Gasteiger partial charge in [-0.2, -0.15) is 0 Å². The van der Waals surface area contributed by atoms with E-state index in [2.05, 4.69) is 20.9 Å². The minimum atomic E-state index is -0.0849. The molecule has 5 rings (SSSR count). The summed E-state index contributed by atoms with van der Waals surface area (Å²) in [5.41, 5.74) is 2.76. The van der Waals surface area contributed by atoms with Crippen LogP contribution in [0.2, 0.25) is 0 Å². The molecule has 2 aromatic heterocycles. The van der Waals surface area contributed by atoms with Gasteiger partial charge in [0.25, 0.3) is 5.56 Å². The Hall–Kier alpha value is -2.54. The van der Waals surface area contributed by atoms with Crippen LogP contribution in [0.25, 0.3) is 0 Å². The summed E-state index contributed by atoms with van der Waals surface area (Å²) >= 11 is 0. The van der Waals surface area contributed by atoms with Gasteiger partial charge in [-0.1, -0.05) is 12.5 Å². The molecule has 3 aliphatic rings. The first-order valence-corrected chi connectivity index (χ1v) is 11.2. The van der Waals surface area contributed by atoms with Crippen LogP contribution in [0.5, 0.6) is 0 Å². The van der Waals surface area contributed by atoms with Crippen LogP contribution < -0.4 is 5.56 Å². The number of fused-ring (bicyclic) bond motifs is 1. The molecule has 2 fully saturated rings. The molecular formula is C23H29N5O2. The molecule has 1 saturated carbocycles. The molecule has 0 spiro atoms. The monoisotopic (exact) mass is 407 g/mol. The first kappa shape index (κ1) is 19.4. The number of nitrogens with one attached hydrogen (secondary N) is 1. The predicted octanol–water partition coefficient (Wildman–Crippen LogP) is 2.58. The molecule has 30 heavy (non-hydrogen) atoms. The highest BCUT2D eigenvalue weighted by atomic mass is 16.2. The summed E-state index contributed by atoms with van der Waals surface area (Å²) in [6.45, 7) is 3.02. The Morgan fingerprint density at radius 2 is 2.07 bits per heavy atom. The molecule has 0 bridgehead atoms. The lowest BCUT2D eigenvalue weighted by Crippen LogP contribution is -2.45. The molecule has 7 heteroatoms. The number of H-pyrrole nitrogens is 1.